The first-order valence-electron chi connectivity index (χ1n) is 7.87. The zero-order valence-corrected chi connectivity index (χ0v) is 14.3. The van der Waals surface area contributed by atoms with Crippen molar-refractivity contribution in [3.05, 3.63) is 87.7 Å². The Morgan fingerprint density at radius 1 is 0.962 bits per heavy atom. The van der Waals surface area contributed by atoms with E-state index < -0.39 is 5.92 Å². The third kappa shape index (κ3) is 2.21. The van der Waals surface area contributed by atoms with Gasteiger partial charge in [-0.2, -0.15) is 10.5 Å². The third-order valence-corrected chi connectivity index (χ3v) is 5.60. The van der Waals surface area contributed by atoms with E-state index in [1.807, 2.05) is 42.5 Å². The zero-order valence-electron chi connectivity index (χ0n) is 13.5. The molecule has 5 nitrogen and oxygen atoms in total. The van der Waals surface area contributed by atoms with Gasteiger partial charge < -0.3 is 5.73 Å². The number of hydrogen-bond acceptors (Lipinski definition) is 5. The van der Waals surface area contributed by atoms with E-state index in [-0.39, 0.29) is 17.3 Å². The second-order valence-corrected chi connectivity index (χ2v) is 6.85. The van der Waals surface area contributed by atoms with Crippen LogP contribution in [-0.2, 0) is 0 Å². The van der Waals surface area contributed by atoms with Crippen molar-refractivity contribution in [1.82, 2.24) is 4.90 Å². The standard InChI is InChI=1S/C20H12N4OS/c21-10-14-17(12-6-2-1-3-7-12)15(11-22)20-24(18(14)23)19(25)13-8-4-5-9-16(13)26-20/h1-9,17H,23H2. The minimum Gasteiger partial charge on any atom is -0.384 e. The molecule has 2 aliphatic rings. The lowest BCUT2D eigenvalue weighted by molar-refractivity contribution is 0.0841. The monoisotopic (exact) mass is 356 g/mol. The van der Waals surface area contributed by atoms with Gasteiger partial charge in [-0.05, 0) is 17.7 Å². The van der Waals surface area contributed by atoms with Crippen LogP contribution in [0, 0.1) is 22.7 Å². The van der Waals surface area contributed by atoms with Crippen LogP contribution < -0.4 is 5.73 Å². The van der Waals surface area contributed by atoms with E-state index in [0.29, 0.717) is 16.2 Å². The Kier molecular flexibility index (Phi) is 3.76. The molecule has 0 bridgehead atoms. The first kappa shape index (κ1) is 16.0. The number of nitriles is 2. The molecule has 4 rings (SSSR count). The molecule has 0 saturated heterocycles. The molecule has 1 unspecified atom stereocenters. The molecule has 2 N–H and O–H groups in total. The maximum atomic E-state index is 13.0. The van der Waals surface area contributed by atoms with Gasteiger partial charge in [-0.1, -0.05) is 54.2 Å². The number of carbonyl (C=O) groups excluding carboxylic acids is 1. The summed E-state index contributed by atoms with van der Waals surface area (Å²) in [5.41, 5.74) is 8.12. The Balaban J connectivity index is 1.99. The van der Waals surface area contributed by atoms with Gasteiger partial charge in [-0.15, -0.1) is 0 Å². The van der Waals surface area contributed by atoms with Crippen LogP contribution in [0.3, 0.4) is 0 Å². The van der Waals surface area contributed by atoms with Crippen LogP contribution in [0.15, 0.2) is 81.5 Å². The summed E-state index contributed by atoms with van der Waals surface area (Å²) in [7, 11) is 0. The molecule has 2 aromatic rings. The van der Waals surface area contributed by atoms with Crippen LogP contribution in [0.1, 0.15) is 21.8 Å². The van der Waals surface area contributed by atoms with Crippen molar-refractivity contribution in [2.45, 2.75) is 10.8 Å². The highest BCUT2D eigenvalue weighted by molar-refractivity contribution is 8.03. The summed E-state index contributed by atoms with van der Waals surface area (Å²) in [5, 5.41) is 20.1. The summed E-state index contributed by atoms with van der Waals surface area (Å²) < 4.78 is 0. The van der Waals surface area contributed by atoms with Gasteiger partial charge in [0.05, 0.1) is 34.8 Å². The second kappa shape index (κ2) is 6.11. The fourth-order valence-corrected chi connectivity index (χ4v) is 4.40. The zero-order chi connectivity index (χ0) is 18.3. The molecule has 6 heteroatoms. The maximum absolute atomic E-state index is 13.0. The van der Waals surface area contributed by atoms with Crippen molar-refractivity contribution in [1.29, 1.82) is 10.5 Å². The van der Waals surface area contributed by atoms with E-state index in [4.69, 9.17) is 5.73 Å². The third-order valence-electron chi connectivity index (χ3n) is 4.43. The highest BCUT2D eigenvalue weighted by Crippen LogP contribution is 2.49. The Bertz CT molecular complexity index is 1070. The highest BCUT2D eigenvalue weighted by Gasteiger charge is 2.41. The normalized spacial score (nSPS) is 18.8. The molecular formula is C20H12N4OS. The average Bonchev–Trinajstić information content (AvgIpc) is 2.68. The second-order valence-electron chi connectivity index (χ2n) is 5.82. The molecule has 0 spiro atoms. The van der Waals surface area contributed by atoms with E-state index in [9.17, 15) is 15.3 Å². The molecule has 124 valence electrons. The average molecular weight is 356 g/mol. The quantitative estimate of drug-likeness (QED) is 0.844. The summed E-state index contributed by atoms with van der Waals surface area (Å²) >= 11 is 1.33. The molecule has 26 heavy (non-hydrogen) atoms. The van der Waals surface area contributed by atoms with Crippen LogP contribution >= 0.6 is 11.8 Å². The van der Waals surface area contributed by atoms with E-state index in [1.165, 1.54) is 16.7 Å². The number of allylic oxidation sites excluding steroid dienone is 2. The predicted octanol–water partition coefficient (Wildman–Crippen LogP) is 3.46. The molecule has 0 radical (unpaired) electrons. The largest absolute Gasteiger partial charge is 0.384 e. The number of nitrogens with two attached hydrogens (primary N) is 1. The lowest BCUT2D eigenvalue weighted by Gasteiger charge is -2.37. The minimum atomic E-state index is -0.581. The fourth-order valence-electron chi connectivity index (χ4n) is 3.24. The molecule has 0 aliphatic carbocycles. The van der Waals surface area contributed by atoms with Crippen LogP contribution in [0.25, 0.3) is 0 Å². The molecule has 0 fully saturated rings. The summed E-state index contributed by atoms with van der Waals surface area (Å²) in [6.45, 7) is 0. The number of thioether (sulfide) groups is 1. The van der Waals surface area contributed by atoms with Gasteiger partial charge in [-0.3, -0.25) is 9.69 Å². The number of rotatable bonds is 1. The highest BCUT2D eigenvalue weighted by atomic mass is 32.2. The summed E-state index contributed by atoms with van der Waals surface area (Å²) in [5.74, 6) is -0.816. The van der Waals surface area contributed by atoms with Gasteiger partial charge in [-0.25, -0.2) is 0 Å². The number of benzene rings is 2. The van der Waals surface area contributed by atoms with Crippen molar-refractivity contribution in [3.8, 4) is 12.1 Å². The van der Waals surface area contributed by atoms with Crippen LogP contribution in [-0.4, -0.2) is 10.8 Å². The topological polar surface area (TPSA) is 93.9 Å². The molecule has 2 heterocycles. The maximum Gasteiger partial charge on any atom is 0.265 e. The molecule has 2 aromatic carbocycles. The summed E-state index contributed by atoms with van der Waals surface area (Å²) in [6, 6.07) is 20.8. The van der Waals surface area contributed by atoms with E-state index in [2.05, 4.69) is 12.1 Å². The van der Waals surface area contributed by atoms with Crippen molar-refractivity contribution < 1.29 is 4.79 Å². The van der Waals surface area contributed by atoms with E-state index >= 15 is 0 Å². The van der Waals surface area contributed by atoms with Gasteiger partial charge in [0, 0.05) is 4.90 Å². The van der Waals surface area contributed by atoms with E-state index in [1.54, 1.807) is 12.1 Å². The molecular weight excluding hydrogens is 344 g/mol. The lowest BCUT2D eigenvalue weighted by atomic mass is 9.83. The molecule has 0 aromatic heterocycles. The van der Waals surface area contributed by atoms with Gasteiger partial charge in [0.1, 0.15) is 10.9 Å². The number of fused-ring (bicyclic) bond motifs is 2. The fraction of sp³-hybridized carbons (Fsp3) is 0.0500. The Morgan fingerprint density at radius 2 is 1.62 bits per heavy atom. The molecule has 1 amide bonds. The van der Waals surface area contributed by atoms with Crippen molar-refractivity contribution in [3.63, 3.8) is 0 Å². The molecule has 2 aliphatic heterocycles. The molecule has 1 atom stereocenters. The predicted molar refractivity (Wildman–Crippen MR) is 97.1 cm³/mol. The smallest absolute Gasteiger partial charge is 0.265 e. The first-order valence-corrected chi connectivity index (χ1v) is 8.69. The Labute approximate surface area is 154 Å². The van der Waals surface area contributed by atoms with Gasteiger partial charge in [0.25, 0.3) is 5.91 Å². The van der Waals surface area contributed by atoms with E-state index in [0.717, 1.165) is 10.5 Å². The van der Waals surface area contributed by atoms with Crippen LogP contribution in [0.2, 0.25) is 0 Å². The van der Waals surface area contributed by atoms with Crippen molar-refractivity contribution in [2.75, 3.05) is 0 Å². The number of nitrogens with zero attached hydrogens (tertiary/aromatic N) is 3. The van der Waals surface area contributed by atoms with Crippen molar-refractivity contribution >= 4 is 17.7 Å². The lowest BCUT2D eigenvalue weighted by Crippen LogP contribution is -2.40. The number of hydrogen-bond donors (Lipinski definition) is 1. The Morgan fingerprint density at radius 3 is 2.31 bits per heavy atom. The number of amides is 1. The van der Waals surface area contributed by atoms with Gasteiger partial charge in [0.2, 0.25) is 0 Å². The minimum absolute atomic E-state index is 0.0855. The summed E-state index contributed by atoms with van der Waals surface area (Å²) in [4.78, 5) is 15.0. The van der Waals surface area contributed by atoms with Crippen LogP contribution in [0.5, 0.6) is 0 Å². The van der Waals surface area contributed by atoms with Gasteiger partial charge in [0.15, 0.2) is 0 Å². The molecule has 0 saturated carbocycles. The van der Waals surface area contributed by atoms with Crippen molar-refractivity contribution in [2.24, 2.45) is 5.73 Å². The van der Waals surface area contributed by atoms with Gasteiger partial charge >= 0.3 is 0 Å². The summed E-state index contributed by atoms with van der Waals surface area (Å²) in [6.07, 6.45) is 0. The Hall–Kier alpha value is -3.48. The number of carbonyl (C=O) groups is 1. The SMILES string of the molecule is N#CC1=C(N)N2C(=O)c3ccccc3SC2=C(C#N)C1c1ccccc1. The van der Waals surface area contributed by atoms with Crippen LogP contribution in [0.4, 0.5) is 0 Å². The first-order chi connectivity index (χ1) is 12.7.